The Bertz CT molecular complexity index is 1280. The Kier molecular flexibility index (Phi) is 4.43. The van der Waals surface area contributed by atoms with Crippen LogP contribution in [0, 0.1) is 0 Å². The van der Waals surface area contributed by atoms with Crippen LogP contribution >= 0.6 is 11.6 Å². The highest BCUT2D eigenvalue weighted by Gasteiger charge is 2.25. The summed E-state index contributed by atoms with van der Waals surface area (Å²) in [5, 5.41) is 1.49. The third-order valence-corrected chi connectivity index (χ3v) is 5.29. The molecule has 1 aromatic heterocycles. The highest BCUT2D eigenvalue weighted by molar-refractivity contribution is 6.31. The molecule has 4 nitrogen and oxygen atoms in total. The van der Waals surface area contributed by atoms with E-state index in [-0.39, 0.29) is 11.7 Å². The molecule has 142 valence electrons. The normalized spacial score (nSPS) is 15.9. The molecule has 1 aliphatic heterocycles. The standard InChI is InChI=1S/C24H17ClN2O2/c25-17-11-12-19-18(13-17)22(16-9-5-2-6-10-16)23(24(28)26-19)20-14-21(29-27-20)15-7-3-1-4-8-15/h1-14,21,27H,(H,26,28)/t21-/m1/s1. The highest BCUT2D eigenvalue weighted by Crippen LogP contribution is 2.36. The van der Waals surface area contributed by atoms with Crippen molar-refractivity contribution in [3.8, 4) is 11.1 Å². The maximum Gasteiger partial charge on any atom is 0.258 e. The van der Waals surface area contributed by atoms with Crippen LogP contribution in [0.1, 0.15) is 17.2 Å². The minimum Gasteiger partial charge on any atom is -0.321 e. The topological polar surface area (TPSA) is 54.1 Å². The third kappa shape index (κ3) is 3.23. The Labute approximate surface area is 172 Å². The van der Waals surface area contributed by atoms with Crippen LogP contribution in [0.4, 0.5) is 0 Å². The second-order valence-corrected chi connectivity index (χ2v) is 7.33. The fraction of sp³-hybridized carbons (Fsp3) is 0.0417. The molecule has 0 spiro atoms. The zero-order chi connectivity index (χ0) is 19.8. The SMILES string of the molecule is O=c1[nH]c2ccc(Cl)cc2c(-c2ccccc2)c1C1=C[C@H](c2ccccc2)ON1. The molecule has 1 atom stereocenters. The number of rotatable bonds is 3. The maximum atomic E-state index is 13.1. The van der Waals surface area contributed by atoms with Gasteiger partial charge in [-0.15, -0.1) is 0 Å². The number of H-pyrrole nitrogens is 1. The predicted molar refractivity (Wildman–Crippen MR) is 116 cm³/mol. The van der Waals surface area contributed by atoms with Crippen LogP contribution in [0.5, 0.6) is 0 Å². The molecule has 1 aliphatic rings. The Morgan fingerprint density at radius 3 is 2.34 bits per heavy atom. The number of aromatic amines is 1. The zero-order valence-corrected chi connectivity index (χ0v) is 16.1. The second-order valence-electron chi connectivity index (χ2n) is 6.89. The average molecular weight is 401 g/mol. The summed E-state index contributed by atoms with van der Waals surface area (Å²) in [5.41, 5.74) is 7.45. The molecule has 0 fully saturated rings. The van der Waals surface area contributed by atoms with Crippen molar-refractivity contribution in [1.82, 2.24) is 10.5 Å². The monoisotopic (exact) mass is 400 g/mol. The molecule has 5 rings (SSSR count). The van der Waals surface area contributed by atoms with Crippen LogP contribution in [0.25, 0.3) is 27.7 Å². The van der Waals surface area contributed by atoms with E-state index in [4.69, 9.17) is 16.4 Å². The number of pyridine rings is 1. The van der Waals surface area contributed by atoms with E-state index >= 15 is 0 Å². The van der Waals surface area contributed by atoms with Crippen molar-refractivity contribution in [2.24, 2.45) is 0 Å². The molecule has 5 heteroatoms. The Hall–Kier alpha value is -3.34. The van der Waals surface area contributed by atoms with Crippen molar-refractivity contribution in [2.75, 3.05) is 0 Å². The lowest BCUT2D eigenvalue weighted by Crippen LogP contribution is -2.18. The van der Waals surface area contributed by atoms with Crippen molar-refractivity contribution in [3.05, 3.63) is 111 Å². The first-order chi connectivity index (χ1) is 14.2. The van der Waals surface area contributed by atoms with Crippen LogP contribution in [-0.4, -0.2) is 4.98 Å². The summed E-state index contributed by atoms with van der Waals surface area (Å²) in [4.78, 5) is 21.9. The first-order valence-corrected chi connectivity index (χ1v) is 9.68. The van der Waals surface area contributed by atoms with E-state index in [2.05, 4.69) is 10.5 Å². The first kappa shape index (κ1) is 17.7. The van der Waals surface area contributed by atoms with E-state index in [0.29, 0.717) is 16.3 Å². The van der Waals surface area contributed by atoms with Gasteiger partial charge in [0.25, 0.3) is 5.56 Å². The molecule has 4 aromatic rings. The van der Waals surface area contributed by atoms with Crippen LogP contribution in [0.15, 0.2) is 89.7 Å². The lowest BCUT2D eigenvalue weighted by Gasteiger charge is -2.14. The van der Waals surface area contributed by atoms with Crippen molar-refractivity contribution in [1.29, 1.82) is 0 Å². The van der Waals surface area contributed by atoms with Gasteiger partial charge in [0.05, 0.1) is 11.3 Å². The van der Waals surface area contributed by atoms with Gasteiger partial charge < -0.3 is 4.98 Å². The minimum absolute atomic E-state index is 0.185. The molecule has 2 N–H and O–H groups in total. The lowest BCUT2D eigenvalue weighted by molar-refractivity contribution is 0.0511. The smallest absolute Gasteiger partial charge is 0.258 e. The number of hydrogen-bond acceptors (Lipinski definition) is 3. The molecule has 0 amide bonds. The average Bonchev–Trinajstić information content (AvgIpc) is 3.24. The van der Waals surface area contributed by atoms with Gasteiger partial charge in [0.1, 0.15) is 6.10 Å². The molecular weight excluding hydrogens is 384 g/mol. The minimum atomic E-state index is -0.274. The molecule has 0 radical (unpaired) electrons. The number of fused-ring (bicyclic) bond motifs is 1. The Morgan fingerprint density at radius 2 is 1.59 bits per heavy atom. The molecule has 0 unspecified atom stereocenters. The van der Waals surface area contributed by atoms with E-state index in [1.54, 1.807) is 6.07 Å². The fourth-order valence-corrected chi connectivity index (χ4v) is 3.89. The van der Waals surface area contributed by atoms with E-state index in [1.807, 2.05) is 78.9 Å². The maximum absolute atomic E-state index is 13.1. The molecule has 29 heavy (non-hydrogen) atoms. The number of hydroxylamine groups is 1. The largest absolute Gasteiger partial charge is 0.321 e. The molecule has 3 aromatic carbocycles. The molecule has 0 aliphatic carbocycles. The van der Waals surface area contributed by atoms with Crippen LogP contribution < -0.4 is 11.0 Å². The first-order valence-electron chi connectivity index (χ1n) is 9.30. The van der Waals surface area contributed by atoms with Gasteiger partial charge >= 0.3 is 0 Å². The molecule has 0 saturated heterocycles. The van der Waals surface area contributed by atoms with E-state index in [9.17, 15) is 4.79 Å². The summed E-state index contributed by atoms with van der Waals surface area (Å²) in [6, 6.07) is 25.2. The summed E-state index contributed by atoms with van der Waals surface area (Å²) in [5.74, 6) is 0. The Morgan fingerprint density at radius 1 is 0.862 bits per heavy atom. The molecule has 0 saturated carbocycles. The number of benzene rings is 3. The summed E-state index contributed by atoms with van der Waals surface area (Å²) < 4.78 is 0. The van der Waals surface area contributed by atoms with E-state index in [0.717, 1.165) is 27.6 Å². The van der Waals surface area contributed by atoms with Gasteiger partial charge in [0, 0.05) is 21.5 Å². The van der Waals surface area contributed by atoms with Gasteiger partial charge in [-0.2, -0.15) is 0 Å². The highest BCUT2D eigenvalue weighted by atomic mass is 35.5. The zero-order valence-electron chi connectivity index (χ0n) is 15.4. The summed E-state index contributed by atoms with van der Waals surface area (Å²) in [6.07, 6.45) is 1.66. The fourth-order valence-electron chi connectivity index (χ4n) is 3.71. The van der Waals surface area contributed by atoms with Crippen molar-refractivity contribution in [3.63, 3.8) is 0 Å². The summed E-state index contributed by atoms with van der Waals surface area (Å²) in [6.45, 7) is 0. The van der Waals surface area contributed by atoms with Gasteiger partial charge in [0.2, 0.25) is 0 Å². The third-order valence-electron chi connectivity index (χ3n) is 5.05. The van der Waals surface area contributed by atoms with Gasteiger partial charge in [-0.05, 0) is 35.4 Å². The van der Waals surface area contributed by atoms with E-state index < -0.39 is 0 Å². The number of halogens is 1. The van der Waals surface area contributed by atoms with Crippen molar-refractivity contribution < 1.29 is 4.84 Å². The number of hydrogen-bond donors (Lipinski definition) is 2. The van der Waals surface area contributed by atoms with Crippen LogP contribution in [0.2, 0.25) is 5.02 Å². The van der Waals surface area contributed by atoms with Gasteiger partial charge in [-0.3, -0.25) is 15.1 Å². The van der Waals surface area contributed by atoms with Crippen LogP contribution in [0.3, 0.4) is 0 Å². The van der Waals surface area contributed by atoms with Gasteiger partial charge in [-0.1, -0.05) is 72.3 Å². The molecular formula is C24H17ClN2O2. The second kappa shape index (κ2) is 7.24. The summed E-state index contributed by atoms with van der Waals surface area (Å²) in [7, 11) is 0. The number of aromatic nitrogens is 1. The number of nitrogens with one attached hydrogen (secondary N) is 2. The quantitative estimate of drug-likeness (QED) is 0.479. The van der Waals surface area contributed by atoms with Crippen molar-refractivity contribution in [2.45, 2.75) is 6.10 Å². The van der Waals surface area contributed by atoms with Gasteiger partial charge in [0.15, 0.2) is 0 Å². The Balaban J connectivity index is 1.76. The van der Waals surface area contributed by atoms with Crippen molar-refractivity contribution >= 4 is 28.2 Å². The van der Waals surface area contributed by atoms with Crippen LogP contribution in [-0.2, 0) is 4.84 Å². The summed E-state index contributed by atoms with van der Waals surface area (Å²) >= 11 is 6.29. The molecule has 2 heterocycles. The lowest BCUT2D eigenvalue weighted by atomic mass is 9.94. The molecule has 0 bridgehead atoms. The van der Waals surface area contributed by atoms with E-state index in [1.165, 1.54) is 0 Å². The van der Waals surface area contributed by atoms with Gasteiger partial charge in [-0.25, -0.2) is 0 Å². The predicted octanol–water partition coefficient (Wildman–Crippen LogP) is 5.47.